The van der Waals surface area contributed by atoms with Gasteiger partial charge < -0.3 is 19.7 Å². The zero-order valence-electron chi connectivity index (χ0n) is 21.1. The minimum Gasteiger partial charge on any atom is -0.454 e. The molecule has 0 aliphatic carbocycles. The van der Waals surface area contributed by atoms with Crippen LogP contribution in [-0.4, -0.2) is 30.6 Å². The number of nitrogens with zero attached hydrogens (tertiary/aromatic N) is 2. The number of anilines is 2. The molecule has 0 saturated heterocycles. The number of nitrogens with one attached hydrogen (secondary N) is 1. The zero-order chi connectivity index (χ0) is 26.1. The van der Waals surface area contributed by atoms with Crippen LogP contribution < -0.4 is 19.7 Å². The van der Waals surface area contributed by atoms with E-state index in [9.17, 15) is 9.59 Å². The summed E-state index contributed by atoms with van der Waals surface area (Å²) in [6, 6.07) is 19.0. The van der Waals surface area contributed by atoms with Gasteiger partial charge >= 0.3 is 0 Å². The summed E-state index contributed by atoms with van der Waals surface area (Å²) >= 11 is 1.44. The Morgan fingerprint density at radius 3 is 2.54 bits per heavy atom. The summed E-state index contributed by atoms with van der Waals surface area (Å²) in [6.45, 7) is 6.10. The molecule has 0 saturated carbocycles. The second-order valence-electron chi connectivity index (χ2n) is 9.02. The lowest BCUT2D eigenvalue weighted by Gasteiger charge is -2.21. The van der Waals surface area contributed by atoms with Crippen LogP contribution in [-0.2, 0) is 11.2 Å². The number of aryl methyl sites for hydroxylation is 3. The highest BCUT2D eigenvalue weighted by atomic mass is 32.1. The third kappa shape index (κ3) is 5.06. The van der Waals surface area contributed by atoms with Crippen molar-refractivity contribution in [3.05, 3.63) is 87.8 Å². The standard InChI is InChI=1S/C29H27N3O4S/c1-17-7-5-6-8-22(17)28(34)32(4)23-11-10-21(13-18(23)2)27-19(3)37-29(31-27)30-26(33)15-20-9-12-24-25(14-20)36-16-35-24/h5-14H,15-16H2,1-4H3,(H,30,31,33). The van der Waals surface area contributed by atoms with E-state index in [1.54, 1.807) is 11.9 Å². The van der Waals surface area contributed by atoms with E-state index in [0.29, 0.717) is 22.2 Å². The van der Waals surface area contributed by atoms with E-state index in [0.717, 1.165) is 38.5 Å². The molecule has 5 rings (SSSR count). The van der Waals surface area contributed by atoms with Crippen LogP contribution in [0.2, 0.25) is 0 Å². The molecule has 0 bridgehead atoms. The maximum absolute atomic E-state index is 13.1. The fourth-order valence-electron chi connectivity index (χ4n) is 4.40. The number of aromatic nitrogens is 1. The summed E-state index contributed by atoms with van der Waals surface area (Å²) in [5.74, 6) is 1.15. The normalized spacial score (nSPS) is 11.9. The average molecular weight is 514 g/mol. The maximum atomic E-state index is 13.1. The van der Waals surface area contributed by atoms with Crippen molar-refractivity contribution in [1.82, 2.24) is 4.98 Å². The van der Waals surface area contributed by atoms with Gasteiger partial charge in [-0.3, -0.25) is 9.59 Å². The van der Waals surface area contributed by atoms with Crippen molar-refractivity contribution in [2.45, 2.75) is 27.2 Å². The number of carbonyl (C=O) groups excluding carboxylic acids is 2. The quantitative estimate of drug-likeness (QED) is 0.346. The molecule has 2 heterocycles. The number of hydrogen-bond donors (Lipinski definition) is 1. The molecule has 3 aromatic carbocycles. The highest BCUT2D eigenvalue weighted by Gasteiger charge is 2.19. The Bertz CT molecular complexity index is 1510. The third-order valence-electron chi connectivity index (χ3n) is 6.36. The Morgan fingerprint density at radius 1 is 0.973 bits per heavy atom. The van der Waals surface area contributed by atoms with Gasteiger partial charge in [-0.05, 0) is 67.8 Å². The Labute approximate surface area is 219 Å². The number of thiazole rings is 1. The summed E-state index contributed by atoms with van der Waals surface area (Å²) in [5, 5.41) is 3.46. The first kappa shape index (κ1) is 24.5. The number of ether oxygens (including phenoxy) is 2. The average Bonchev–Trinajstić information content (AvgIpc) is 3.49. The minimum absolute atomic E-state index is 0.0498. The predicted molar refractivity (Wildman–Crippen MR) is 146 cm³/mol. The van der Waals surface area contributed by atoms with Crippen LogP contribution in [0.4, 0.5) is 10.8 Å². The molecule has 2 amide bonds. The molecule has 7 nitrogen and oxygen atoms in total. The van der Waals surface area contributed by atoms with E-state index >= 15 is 0 Å². The summed E-state index contributed by atoms with van der Waals surface area (Å²) in [4.78, 5) is 33.1. The second-order valence-corrected chi connectivity index (χ2v) is 10.2. The smallest absolute Gasteiger partial charge is 0.258 e. The minimum atomic E-state index is -0.151. The molecule has 0 atom stereocenters. The van der Waals surface area contributed by atoms with Gasteiger partial charge in [0.15, 0.2) is 16.6 Å². The van der Waals surface area contributed by atoms with Crippen molar-refractivity contribution in [2.24, 2.45) is 0 Å². The summed E-state index contributed by atoms with van der Waals surface area (Å²) in [5.41, 5.74) is 6.01. The van der Waals surface area contributed by atoms with Crippen molar-refractivity contribution in [1.29, 1.82) is 0 Å². The van der Waals surface area contributed by atoms with Gasteiger partial charge in [0, 0.05) is 28.7 Å². The fourth-order valence-corrected chi connectivity index (χ4v) is 5.25. The Morgan fingerprint density at radius 2 is 1.76 bits per heavy atom. The van der Waals surface area contributed by atoms with E-state index < -0.39 is 0 Å². The van der Waals surface area contributed by atoms with Crippen LogP contribution in [0.1, 0.15) is 31.9 Å². The first-order valence-corrected chi connectivity index (χ1v) is 12.7. The molecule has 37 heavy (non-hydrogen) atoms. The number of benzene rings is 3. The first-order chi connectivity index (χ1) is 17.8. The van der Waals surface area contributed by atoms with Crippen molar-refractivity contribution in [3.8, 4) is 22.8 Å². The largest absolute Gasteiger partial charge is 0.454 e. The first-order valence-electron chi connectivity index (χ1n) is 11.9. The molecule has 1 aliphatic heterocycles. The van der Waals surface area contributed by atoms with E-state index in [1.165, 1.54) is 11.3 Å². The second kappa shape index (κ2) is 10.1. The molecular formula is C29H27N3O4S. The third-order valence-corrected chi connectivity index (χ3v) is 7.24. The highest BCUT2D eigenvalue weighted by Crippen LogP contribution is 2.34. The lowest BCUT2D eigenvalue weighted by atomic mass is 10.0. The topological polar surface area (TPSA) is 80.8 Å². The number of carbonyl (C=O) groups is 2. The monoisotopic (exact) mass is 513 g/mol. The molecule has 1 N–H and O–H groups in total. The summed E-state index contributed by atoms with van der Waals surface area (Å²) in [7, 11) is 1.79. The summed E-state index contributed by atoms with van der Waals surface area (Å²) < 4.78 is 10.7. The van der Waals surface area contributed by atoms with Crippen LogP contribution in [0, 0.1) is 20.8 Å². The van der Waals surface area contributed by atoms with E-state index in [-0.39, 0.29) is 25.0 Å². The lowest BCUT2D eigenvalue weighted by molar-refractivity contribution is -0.115. The molecule has 188 valence electrons. The molecule has 8 heteroatoms. The van der Waals surface area contributed by atoms with Gasteiger partial charge in [-0.25, -0.2) is 4.98 Å². The Kier molecular flexibility index (Phi) is 6.67. The van der Waals surface area contributed by atoms with E-state index in [1.807, 2.05) is 81.4 Å². The molecule has 0 fully saturated rings. The van der Waals surface area contributed by atoms with Gasteiger partial charge in [0.2, 0.25) is 12.7 Å². The molecular weight excluding hydrogens is 486 g/mol. The molecule has 1 aromatic heterocycles. The van der Waals surface area contributed by atoms with Crippen LogP contribution in [0.15, 0.2) is 60.7 Å². The van der Waals surface area contributed by atoms with Crippen molar-refractivity contribution < 1.29 is 19.1 Å². The van der Waals surface area contributed by atoms with Gasteiger partial charge in [-0.1, -0.05) is 30.3 Å². The van der Waals surface area contributed by atoms with E-state index in [2.05, 4.69) is 5.32 Å². The number of amides is 2. The van der Waals surface area contributed by atoms with Crippen LogP contribution in [0.3, 0.4) is 0 Å². The molecule has 0 radical (unpaired) electrons. The number of fused-ring (bicyclic) bond motifs is 1. The lowest BCUT2D eigenvalue weighted by Crippen LogP contribution is -2.27. The van der Waals surface area contributed by atoms with Gasteiger partial charge in [0.05, 0.1) is 12.1 Å². The van der Waals surface area contributed by atoms with Crippen molar-refractivity contribution in [2.75, 3.05) is 24.1 Å². The van der Waals surface area contributed by atoms with Gasteiger partial charge in [0.1, 0.15) is 0 Å². The van der Waals surface area contributed by atoms with Gasteiger partial charge in [-0.2, -0.15) is 0 Å². The van der Waals surface area contributed by atoms with E-state index in [4.69, 9.17) is 14.5 Å². The SMILES string of the molecule is Cc1ccccc1C(=O)N(C)c1ccc(-c2nc(NC(=O)Cc3ccc4c(c3)OCO4)sc2C)cc1C. The maximum Gasteiger partial charge on any atom is 0.258 e. The van der Waals surface area contributed by atoms with Crippen LogP contribution in [0.25, 0.3) is 11.3 Å². The molecule has 1 aliphatic rings. The number of rotatable bonds is 6. The molecule has 0 unspecified atom stereocenters. The summed E-state index contributed by atoms with van der Waals surface area (Å²) in [6.07, 6.45) is 0.208. The van der Waals surface area contributed by atoms with Gasteiger partial charge in [0.25, 0.3) is 5.91 Å². The number of hydrogen-bond acceptors (Lipinski definition) is 6. The van der Waals surface area contributed by atoms with Crippen molar-refractivity contribution >= 4 is 34.0 Å². The molecule has 4 aromatic rings. The van der Waals surface area contributed by atoms with Crippen LogP contribution >= 0.6 is 11.3 Å². The molecule has 0 spiro atoms. The van der Waals surface area contributed by atoms with Crippen molar-refractivity contribution in [3.63, 3.8) is 0 Å². The Hall–Kier alpha value is -4.17. The van der Waals surface area contributed by atoms with Crippen LogP contribution in [0.5, 0.6) is 11.5 Å². The van der Waals surface area contributed by atoms with Gasteiger partial charge in [-0.15, -0.1) is 11.3 Å². The zero-order valence-corrected chi connectivity index (χ0v) is 21.9. The fraction of sp³-hybridized carbons (Fsp3) is 0.207. The predicted octanol–water partition coefficient (Wildman–Crippen LogP) is 5.92. The Balaban J connectivity index is 1.30. The highest BCUT2D eigenvalue weighted by molar-refractivity contribution is 7.16.